The van der Waals surface area contributed by atoms with Crippen molar-refractivity contribution >= 4 is 34.3 Å². The molecule has 0 aliphatic heterocycles. The summed E-state index contributed by atoms with van der Waals surface area (Å²) in [5, 5.41) is 11.0. The molecule has 4 nitrogen and oxygen atoms in total. The summed E-state index contributed by atoms with van der Waals surface area (Å²) in [6, 6.07) is 14.2. The van der Waals surface area contributed by atoms with Crippen molar-refractivity contribution < 1.29 is 0 Å². The van der Waals surface area contributed by atoms with Gasteiger partial charge in [-0.3, -0.25) is 9.55 Å². The van der Waals surface area contributed by atoms with E-state index in [1.54, 1.807) is 24.3 Å². The molecule has 130 valence electrons. The first kappa shape index (κ1) is 17.1. The fourth-order valence-electron chi connectivity index (χ4n) is 3.02. The van der Waals surface area contributed by atoms with Gasteiger partial charge < -0.3 is 0 Å². The third kappa shape index (κ3) is 3.20. The lowest BCUT2D eigenvalue weighted by molar-refractivity contribution is 0.877. The predicted molar refractivity (Wildman–Crippen MR) is 107 cm³/mol. The smallest absolute Gasteiger partial charge is 0.195 e. The minimum atomic E-state index is 0.722. The fourth-order valence-corrected chi connectivity index (χ4v) is 4.14. The Morgan fingerprint density at radius 1 is 1.12 bits per heavy atom. The highest BCUT2D eigenvalue weighted by Gasteiger charge is 2.12. The van der Waals surface area contributed by atoms with E-state index in [-0.39, 0.29) is 0 Å². The molecule has 2 aromatic carbocycles. The van der Waals surface area contributed by atoms with Gasteiger partial charge in [0.2, 0.25) is 0 Å². The molecule has 0 amide bonds. The van der Waals surface area contributed by atoms with Crippen LogP contribution in [0.1, 0.15) is 16.7 Å². The molecule has 0 unspecified atom stereocenters. The maximum absolute atomic E-state index is 6.29. The maximum atomic E-state index is 6.29. The molecule has 0 N–H and O–H groups in total. The van der Waals surface area contributed by atoms with E-state index in [4.69, 9.17) is 11.6 Å². The SMILES string of the molecule is Cc1ccc(-n2cnnc2SCc2ccc(Cl)c3cccnc23)c(C)c1. The van der Waals surface area contributed by atoms with Crippen LogP contribution in [-0.4, -0.2) is 19.7 Å². The Bertz CT molecular complexity index is 1090. The van der Waals surface area contributed by atoms with Crippen molar-refractivity contribution in [2.24, 2.45) is 0 Å². The first-order valence-electron chi connectivity index (χ1n) is 8.26. The average molecular weight is 381 g/mol. The van der Waals surface area contributed by atoms with E-state index in [9.17, 15) is 0 Å². The van der Waals surface area contributed by atoms with Crippen molar-refractivity contribution in [1.29, 1.82) is 0 Å². The molecule has 0 spiro atoms. The third-order valence-corrected chi connectivity index (χ3v) is 5.61. The molecule has 2 aromatic heterocycles. The van der Waals surface area contributed by atoms with Crippen LogP contribution in [0, 0.1) is 13.8 Å². The van der Waals surface area contributed by atoms with Gasteiger partial charge in [-0.15, -0.1) is 10.2 Å². The van der Waals surface area contributed by atoms with Crippen LogP contribution in [0.4, 0.5) is 0 Å². The molecular formula is C20H17ClN4S. The summed E-state index contributed by atoms with van der Waals surface area (Å²) in [6.45, 7) is 4.20. The monoisotopic (exact) mass is 380 g/mol. The van der Waals surface area contributed by atoms with Gasteiger partial charge in [0.25, 0.3) is 0 Å². The van der Waals surface area contributed by atoms with E-state index in [0.717, 1.165) is 38.1 Å². The second-order valence-electron chi connectivity index (χ2n) is 6.17. The summed E-state index contributed by atoms with van der Waals surface area (Å²) < 4.78 is 2.03. The Hall–Kier alpha value is -2.37. The summed E-state index contributed by atoms with van der Waals surface area (Å²) in [5.41, 5.74) is 5.61. The van der Waals surface area contributed by atoms with Crippen LogP contribution in [0.3, 0.4) is 0 Å². The zero-order valence-corrected chi connectivity index (χ0v) is 16.1. The van der Waals surface area contributed by atoms with Gasteiger partial charge in [0, 0.05) is 22.4 Å². The number of thioether (sulfide) groups is 1. The quantitative estimate of drug-likeness (QED) is 0.446. The number of nitrogens with zero attached hydrogens (tertiary/aromatic N) is 4. The lowest BCUT2D eigenvalue weighted by Gasteiger charge is -2.11. The molecule has 0 radical (unpaired) electrons. The Morgan fingerprint density at radius 2 is 2.00 bits per heavy atom. The average Bonchev–Trinajstić information content (AvgIpc) is 3.10. The number of hydrogen-bond donors (Lipinski definition) is 0. The number of aryl methyl sites for hydroxylation is 2. The number of hydrogen-bond acceptors (Lipinski definition) is 4. The fraction of sp³-hybridized carbons (Fsp3) is 0.150. The molecule has 0 aliphatic rings. The molecule has 0 atom stereocenters. The van der Waals surface area contributed by atoms with Crippen LogP contribution in [-0.2, 0) is 5.75 Å². The molecule has 0 bridgehead atoms. The van der Waals surface area contributed by atoms with E-state index < -0.39 is 0 Å². The summed E-state index contributed by atoms with van der Waals surface area (Å²) in [5.74, 6) is 0.744. The lowest BCUT2D eigenvalue weighted by atomic mass is 10.1. The van der Waals surface area contributed by atoms with Crippen molar-refractivity contribution in [3.05, 3.63) is 76.7 Å². The topological polar surface area (TPSA) is 43.6 Å². The Balaban J connectivity index is 1.65. The van der Waals surface area contributed by atoms with Crippen LogP contribution >= 0.6 is 23.4 Å². The number of pyridine rings is 1. The maximum Gasteiger partial charge on any atom is 0.195 e. The van der Waals surface area contributed by atoms with Crippen LogP contribution < -0.4 is 0 Å². The largest absolute Gasteiger partial charge is 0.276 e. The van der Waals surface area contributed by atoms with Gasteiger partial charge in [0.05, 0.1) is 11.2 Å². The summed E-state index contributed by atoms with van der Waals surface area (Å²) >= 11 is 7.93. The van der Waals surface area contributed by atoms with Gasteiger partial charge in [0.15, 0.2) is 5.16 Å². The first-order valence-corrected chi connectivity index (χ1v) is 9.62. The standard InChI is InChI=1S/C20H17ClN4S/c1-13-5-8-18(14(2)10-13)25-12-23-24-20(25)26-11-15-6-7-17(21)16-4-3-9-22-19(15)16/h3-10,12H,11H2,1-2H3. The van der Waals surface area contributed by atoms with Gasteiger partial charge in [0.1, 0.15) is 6.33 Å². The minimum Gasteiger partial charge on any atom is -0.276 e. The second-order valence-corrected chi connectivity index (χ2v) is 7.52. The highest BCUT2D eigenvalue weighted by atomic mass is 35.5. The number of halogens is 1. The number of benzene rings is 2. The Labute approximate surface area is 161 Å². The molecule has 2 heterocycles. The highest BCUT2D eigenvalue weighted by molar-refractivity contribution is 7.98. The van der Waals surface area contributed by atoms with Crippen LogP contribution in [0.2, 0.25) is 5.02 Å². The van der Waals surface area contributed by atoms with Crippen LogP contribution in [0.25, 0.3) is 16.6 Å². The van der Waals surface area contributed by atoms with Gasteiger partial charge in [-0.25, -0.2) is 0 Å². The zero-order chi connectivity index (χ0) is 18.1. The molecule has 4 aromatic rings. The third-order valence-electron chi connectivity index (χ3n) is 4.29. The molecule has 0 saturated carbocycles. The Morgan fingerprint density at radius 3 is 2.85 bits per heavy atom. The first-order chi connectivity index (χ1) is 12.6. The molecule has 0 aliphatic carbocycles. The van der Waals surface area contributed by atoms with E-state index in [1.807, 2.05) is 28.8 Å². The molecule has 4 rings (SSSR count). The number of fused-ring (bicyclic) bond motifs is 1. The van der Waals surface area contributed by atoms with Crippen molar-refractivity contribution in [3.8, 4) is 5.69 Å². The van der Waals surface area contributed by atoms with E-state index in [0.29, 0.717) is 0 Å². The second kappa shape index (κ2) is 7.09. The minimum absolute atomic E-state index is 0.722. The summed E-state index contributed by atoms with van der Waals surface area (Å²) in [7, 11) is 0. The van der Waals surface area contributed by atoms with Crippen LogP contribution in [0.5, 0.6) is 0 Å². The Kier molecular flexibility index (Phi) is 4.66. The molecule has 0 saturated heterocycles. The zero-order valence-electron chi connectivity index (χ0n) is 14.5. The number of aromatic nitrogens is 4. The van der Waals surface area contributed by atoms with E-state index in [1.165, 1.54) is 11.1 Å². The highest BCUT2D eigenvalue weighted by Crippen LogP contribution is 2.30. The summed E-state index contributed by atoms with van der Waals surface area (Å²) in [4.78, 5) is 4.51. The molecular weight excluding hydrogens is 364 g/mol. The molecule has 0 fully saturated rings. The van der Waals surface area contributed by atoms with Crippen molar-refractivity contribution in [1.82, 2.24) is 19.7 Å². The summed E-state index contributed by atoms with van der Waals surface area (Å²) in [6.07, 6.45) is 3.56. The molecule has 26 heavy (non-hydrogen) atoms. The van der Waals surface area contributed by atoms with Gasteiger partial charge in [-0.2, -0.15) is 0 Å². The normalized spacial score (nSPS) is 11.2. The lowest BCUT2D eigenvalue weighted by Crippen LogP contribution is -1.98. The van der Waals surface area contributed by atoms with Crippen molar-refractivity contribution in [2.75, 3.05) is 0 Å². The van der Waals surface area contributed by atoms with Crippen molar-refractivity contribution in [3.63, 3.8) is 0 Å². The van der Waals surface area contributed by atoms with E-state index in [2.05, 4.69) is 47.2 Å². The van der Waals surface area contributed by atoms with Crippen molar-refractivity contribution in [2.45, 2.75) is 24.8 Å². The van der Waals surface area contributed by atoms with Crippen LogP contribution in [0.15, 0.2) is 60.1 Å². The number of rotatable bonds is 4. The predicted octanol–water partition coefficient (Wildman–Crippen LogP) is 5.38. The van der Waals surface area contributed by atoms with Gasteiger partial charge in [-0.05, 0) is 49.2 Å². The molecule has 6 heteroatoms. The van der Waals surface area contributed by atoms with Gasteiger partial charge >= 0.3 is 0 Å². The van der Waals surface area contributed by atoms with Gasteiger partial charge in [-0.1, -0.05) is 47.1 Å². The van der Waals surface area contributed by atoms with E-state index >= 15 is 0 Å².